The Hall–Kier alpha value is -0.580. The number of Topliss-reactive ketones (excluding diaryl/α,β-unsaturated/α-hetero) is 1. The lowest BCUT2D eigenvalue weighted by atomic mass is 10.1. The van der Waals surface area contributed by atoms with Crippen LogP contribution in [0.4, 0.5) is 0 Å². The first-order valence-corrected chi connectivity index (χ1v) is 6.71. The summed E-state index contributed by atoms with van der Waals surface area (Å²) < 4.78 is 22.4. The maximum Gasteiger partial charge on any atom is 0.195 e. The highest BCUT2D eigenvalue weighted by Crippen LogP contribution is 2.16. The molecule has 0 aliphatic rings. The van der Waals surface area contributed by atoms with Gasteiger partial charge in [-0.25, -0.2) is 8.42 Å². The molecule has 3 nitrogen and oxygen atoms in total. The molecule has 0 N–H and O–H groups in total. The molecule has 0 saturated heterocycles. The molecule has 0 aliphatic heterocycles. The zero-order valence-electron chi connectivity index (χ0n) is 7.78. The van der Waals surface area contributed by atoms with Gasteiger partial charge < -0.3 is 0 Å². The second kappa shape index (κ2) is 4.51. The van der Waals surface area contributed by atoms with Crippen molar-refractivity contribution in [1.82, 2.24) is 0 Å². The Morgan fingerprint density at radius 2 is 1.93 bits per heavy atom. The first-order chi connectivity index (χ1) is 6.82. The van der Waals surface area contributed by atoms with Crippen LogP contribution in [0.25, 0.3) is 0 Å². The van der Waals surface area contributed by atoms with Gasteiger partial charge in [-0.1, -0.05) is 35.3 Å². The fourth-order valence-corrected chi connectivity index (χ4v) is 1.92. The van der Waals surface area contributed by atoms with Gasteiger partial charge >= 0.3 is 0 Å². The van der Waals surface area contributed by atoms with E-state index in [0.29, 0.717) is 0 Å². The van der Waals surface area contributed by atoms with Crippen LogP contribution in [0.3, 0.4) is 0 Å². The molecule has 6 heteroatoms. The van der Waals surface area contributed by atoms with Crippen LogP contribution in [0.1, 0.15) is 10.4 Å². The summed E-state index contributed by atoms with van der Waals surface area (Å²) in [7, 11) is -3.32. The highest BCUT2D eigenvalue weighted by Gasteiger charge is 2.16. The van der Waals surface area contributed by atoms with Gasteiger partial charge in [-0.05, 0) is 12.1 Å². The molecule has 0 saturated carbocycles. The molecule has 1 aromatic carbocycles. The van der Waals surface area contributed by atoms with Gasteiger partial charge in [0, 0.05) is 11.8 Å². The minimum absolute atomic E-state index is 0.0716. The Balaban J connectivity index is 3.20. The number of carbonyl (C=O) groups is 1. The first kappa shape index (κ1) is 12.5. The second-order valence-electron chi connectivity index (χ2n) is 2.96. The van der Waals surface area contributed by atoms with Crippen LogP contribution in [0.2, 0.25) is 0 Å². The van der Waals surface area contributed by atoms with E-state index < -0.39 is 20.5 Å². The number of alkyl halides is 2. The van der Waals surface area contributed by atoms with Crippen LogP contribution in [0, 0.1) is 0 Å². The molecule has 0 unspecified atom stereocenters. The van der Waals surface area contributed by atoms with Gasteiger partial charge in [0.15, 0.2) is 20.5 Å². The number of ketones is 1. The fraction of sp³-hybridized carbons (Fsp3) is 0.222. The average molecular weight is 267 g/mol. The minimum atomic E-state index is -3.32. The number of hydrogen-bond acceptors (Lipinski definition) is 3. The van der Waals surface area contributed by atoms with Crippen LogP contribution in [0.15, 0.2) is 29.2 Å². The molecule has 1 aromatic rings. The van der Waals surface area contributed by atoms with Crippen molar-refractivity contribution in [1.29, 1.82) is 0 Å². The summed E-state index contributed by atoms with van der Waals surface area (Å²) in [5.41, 5.74) is 0.188. The lowest BCUT2D eigenvalue weighted by Crippen LogP contribution is -2.09. The van der Waals surface area contributed by atoms with E-state index in [1.165, 1.54) is 24.3 Å². The summed E-state index contributed by atoms with van der Waals surface area (Å²) in [6.07, 6.45) is 1.06. The number of carbonyl (C=O) groups excluding carboxylic acids is 1. The zero-order chi connectivity index (χ0) is 11.6. The van der Waals surface area contributed by atoms with Crippen molar-refractivity contribution in [3.05, 3.63) is 29.8 Å². The summed E-state index contributed by atoms with van der Waals surface area (Å²) in [5.74, 6) is -0.510. The molecule has 15 heavy (non-hydrogen) atoms. The van der Waals surface area contributed by atoms with Gasteiger partial charge in [0.2, 0.25) is 0 Å². The van der Waals surface area contributed by atoms with Gasteiger partial charge in [-0.15, -0.1) is 0 Å². The molecule has 1 rings (SSSR count). The molecule has 0 radical (unpaired) electrons. The first-order valence-electron chi connectivity index (χ1n) is 3.95. The second-order valence-corrected chi connectivity index (χ2v) is 6.08. The predicted octanol–water partition coefficient (Wildman–Crippen LogP) is 2.08. The van der Waals surface area contributed by atoms with E-state index in [1.807, 2.05) is 0 Å². The van der Waals surface area contributed by atoms with Crippen molar-refractivity contribution in [2.75, 3.05) is 6.26 Å². The third kappa shape index (κ3) is 3.19. The van der Waals surface area contributed by atoms with Gasteiger partial charge in [0.1, 0.15) is 0 Å². The largest absolute Gasteiger partial charge is 0.291 e. The van der Waals surface area contributed by atoms with E-state index in [-0.39, 0.29) is 10.5 Å². The summed E-state index contributed by atoms with van der Waals surface area (Å²) in [5, 5.41) is 0. The van der Waals surface area contributed by atoms with E-state index in [1.54, 1.807) is 0 Å². The van der Waals surface area contributed by atoms with Gasteiger partial charge in [0.25, 0.3) is 0 Å². The van der Waals surface area contributed by atoms with Crippen molar-refractivity contribution in [3.8, 4) is 0 Å². The predicted molar refractivity (Wildman–Crippen MR) is 59.4 cm³/mol. The van der Waals surface area contributed by atoms with E-state index in [4.69, 9.17) is 23.2 Å². The number of halogens is 2. The van der Waals surface area contributed by atoms with Crippen LogP contribution in [-0.2, 0) is 9.84 Å². The van der Waals surface area contributed by atoms with Crippen molar-refractivity contribution >= 4 is 38.8 Å². The molecule has 0 aromatic heterocycles. The number of benzene rings is 1. The van der Waals surface area contributed by atoms with Crippen molar-refractivity contribution in [2.24, 2.45) is 0 Å². The third-order valence-corrected chi connectivity index (χ3v) is 3.25. The maximum absolute atomic E-state index is 11.4. The number of rotatable bonds is 3. The summed E-state index contributed by atoms with van der Waals surface area (Å²) in [6, 6.07) is 5.60. The maximum atomic E-state index is 11.4. The summed E-state index contributed by atoms with van der Waals surface area (Å²) in [4.78, 5) is 10.3. The fourth-order valence-electron chi connectivity index (χ4n) is 1.01. The Bertz CT molecular complexity index is 480. The SMILES string of the molecule is CS(=O)(=O)c1cccc(C(=O)C(Cl)Cl)c1. The van der Waals surface area contributed by atoms with Crippen molar-refractivity contribution in [2.45, 2.75) is 9.73 Å². The van der Waals surface area contributed by atoms with E-state index in [0.717, 1.165) is 6.26 Å². The Labute approximate surface area is 97.9 Å². The van der Waals surface area contributed by atoms with Crippen LogP contribution >= 0.6 is 23.2 Å². The standard InChI is InChI=1S/C9H8Cl2O3S/c1-15(13,14)7-4-2-3-6(5-7)8(12)9(10)11/h2-5,9H,1H3. The molecular weight excluding hydrogens is 259 g/mol. The van der Waals surface area contributed by atoms with Crippen LogP contribution in [-0.4, -0.2) is 25.3 Å². The van der Waals surface area contributed by atoms with Gasteiger partial charge in [0.05, 0.1) is 4.90 Å². The quantitative estimate of drug-likeness (QED) is 0.622. The lowest BCUT2D eigenvalue weighted by Gasteiger charge is -2.03. The van der Waals surface area contributed by atoms with E-state index >= 15 is 0 Å². The van der Waals surface area contributed by atoms with E-state index in [9.17, 15) is 13.2 Å². The number of hydrogen-bond donors (Lipinski definition) is 0. The average Bonchev–Trinajstić information content (AvgIpc) is 2.15. The topological polar surface area (TPSA) is 51.2 Å². The van der Waals surface area contributed by atoms with Gasteiger partial charge in [-0.3, -0.25) is 4.79 Å². The minimum Gasteiger partial charge on any atom is -0.291 e. The van der Waals surface area contributed by atoms with Crippen molar-refractivity contribution < 1.29 is 13.2 Å². The summed E-state index contributed by atoms with van der Waals surface area (Å²) >= 11 is 10.8. The van der Waals surface area contributed by atoms with Crippen LogP contribution in [0.5, 0.6) is 0 Å². The Morgan fingerprint density at radius 3 is 2.40 bits per heavy atom. The monoisotopic (exact) mass is 266 g/mol. The molecule has 0 heterocycles. The summed E-state index contributed by atoms with van der Waals surface area (Å²) in [6.45, 7) is 0. The smallest absolute Gasteiger partial charge is 0.195 e. The van der Waals surface area contributed by atoms with E-state index in [2.05, 4.69) is 0 Å². The number of sulfone groups is 1. The highest BCUT2D eigenvalue weighted by molar-refractivity contribution is 7.90. The molecule has 0 spiro atoms. The zero-order valence-corrected chi connectivity index (χ0v) is 10.1. The molecule has 0 atom stereocenters. The molecule has 0 bridgehead atoms. The molecule has 0 aliphatic carbocycles. The normalized spacial score (nSPS) is 11.7. The Kier molecular flexibility index (Phi) is 3.76. The van der Waals surface area contributed by atoms with Crippen molar-refractivity contribution in [3.63, 3.8) is 0 Å². The molecule has 0 amide bonds. The molecule has 0 fully saturated rings. The van der Waals surface area contributed by atoms with Crippen LogP contribution < -0.4 is 0 Å². The van der Waals surface area contributed by atoms with Gasteiger partial charge in [-0.2, -0.15) is 0 Å². The molecular formula is C9H8Cl2O3S. The highest BCUT2D eigenvalue weighted by atomic mass is 35.5. The Morgan fingerprint density at radius 1 is 1.33 bits per heavy atom. The molecule has 82 valence electrons. The third-order valence-electron chi connectivity index (χ3n) is 1.74. The lowest BCUT2D eigenvalue weighted by molar-refractivity contribution is 0.101.